The van der Waals surface area contributed by atoms with Gasteiger partial charge >= 0.3 is 0 Å². The first-order valence-corrected chi connectivity index (χ1v) is 6.65. The van der Waals surface area contributed by atoms with Crippen LogP contribution in [0.2, 0.25) is 0 Å². The molecule has 0 saturated heterocycles. The van der Waals surface area contributed by atoms with E-state index < -0.39 is 0 Å². The molecule has 0 atom stereocenters. The Morgan fingerprint density at radius 2 is 1.36 bits per heavy atom. The Hall–Kier alpha value is 0.310. The summed E-state index contributed by atoms with van der Waals surface area (Å²) >= 11 is 4.79. The van der Waals surface area contributed by atoms with Crippen molar-refractivity contribution in [2.75, 3.05) is 19.0 Å². The minimum absolute atomic E-state index is 0.733. The monoisotopic (exact) mass is 217 g/mol. The third kappa shape index (κ3) is 12.3. The van der Waals surface area contributed by atoms with Crippen molar-refractivity contribution in [3.63, 3.8) is 0 Å². The van der Waals surface area contributed by atoms with Crippen LogP contribution in [-0.4, -0.2) is 19.0 Å². The van der Waals surface area contributed by atoms with E-state index >= 15 is 0 Å². The van der Waals surface area contributed by atoms with Gasteiger partial charge in [-0.2, -0.15) is 0 Å². The Labute approximate surface area is 95.0 Å². The molecule has 14 heavy (non-hydrogen) atoms. The van der Waals surface area contributed by atoms with Crippen molar-refractivity contribution >= 4 is 12.6 Å². The molecule has 0 saturated carbocycles. The summed E-state index contributed by atoms with van der Waals surface area (Å²) in [6.45, 7) is 3.92. The summed E-state index contributed by atoms with van der Waals surface area (Å²) in [5, 5.41) is 0. The lowest BCUT2D eigenvalue weighted by Crippen LogP contribution is -1.97. The number of rotatable bonds is 11. The standard InChI is InChI=1S/C12H25OS/c1-2-3-4-5-6-7-8-9-10-13-11-12-14/h2-12H2,1H3. The van der Waals surface area contributed by atoms with E-state index in [9.17, 15) is 0 Å². The van der Waals surface area contributed by atoms with Crippen molar-refractivity contribution in [1.29, 1.82) is 0 Å². The van der Waals surface area contributed by atoms with Crippen molar-refractivity contribution in [1.82, 2.24) is 0 Å². The molecule has 0 heterocycles. The maximum atomic E-state index is 5.32. The molecule has 1 nitrogen and oxygen atoms in total. The zero-order valence-electron chi connectivity index (χ0n) is 9.59. The topological polar surface area (TPSA) is 9.23 Å². The highest BCUT2D eigenvalue weighted by Crippen LogP contribution is 2.08. The van der Waals surface area contributed by atoms with E-state index in [1.165, 1.54) is 51.4 Å². The lowest BCUT2D eigenvalue weighted by molar-refractivity contribution is 0.145. The second-order valence-electron chi connectivity index (χ2n) is 3.79. The van der Waals surface area contributed by atoms with E-state index in [0.717, 1.165) is 19.0 Å². The van der Waals surface area contributed by atoms with Crippen LogP contribution in [-0.2, 0) is 4.74 Å². The molecule has 2 heteroatoms. The molecule has 1 radical (unpaired) electrons. The van der Waals surface area contributed by atoms with E-state index in [1.54, 1.807) is 0 Å². The average molecular weight is 217 g/mol. The maximum Gasteiger partial charge on any atom is 0.0565 e. The van der Waals surface area contributed by atoms with E-state index in [-0.39, 0.29) is 0 Å². The highest BCUT2D eigenvalue weighted by Gasteiger charge is 1.91. The third-order valence-corrected chi connectivity index (χ3v) is 2.54. The highest BCUT2D eigenvalue weighted by molar-refractivity contribution is 7.80. The Balaban J connectivity index is 2.78. The van der Waals surface area contributed by atoms with Gasteiger partial charge in [0, 0.05) is 12.4 Å². The van der Waals surface area contributed by atoms with Crippen LogP contribution in [0.4, 0.5) is 0 Å². The Kier molecular flexibility index (Phi) is 13.6. The molecular formula is C12H25OS. The fourth-order valence-corrected chi connectivity index (χ4v) is 1.62. The van der Waals surface area contributed by atoms with E-state index in [0.29, 0.717) is 0 Å². The first-order chi connectivity index (χ1) is 6.91. The Morgan fingerprint density at radius 1 is 0.786 bits per heavy atom. The fraction of sp³-hybridized carbons (Fsp3) is 1.00. The minimum atomic E-state index is 0.733. The average Bonchev–Trinajstić information content (AvgIpc) is 2.21. The molecule has 85 valence electrons. The van der Waals surface area contributed by atoms with Gasteiger partial charge in [-0.1, -0.05) is 64.5 Å². The molecule has 0 aromatic carbocycles. The zero-order chi connectivity index (χ0) is 10.5. The first kappa shape index (κ1) is 14.3. The summed E-state index contributed by atoms with van der Waals surface area (Å²) in [4.78, 5) is 0. The SMILES string of the molecule is CCCCCCCCCCOCC[S]. The van der Waals surface area contributed by atoms with Gasteiger partial charge in [0.25, 0.3) is 0 Å². The predicted molar refractivity (Wildman–Crippen MR) is 65.9 cm³/mol. The van der Waals surface area contributed by atoms with Gasteiger partial charge in [0.1, 0.15) is 0 Å². The first-order valence-electron chi connectivity index (χ1n) is 6.07. The minimum Gasteiger partial charge on any atom is -0.381 e. The van der Waals surface area contributed by atoms with Crippen molar-refractivity contribution in [3.8, 4) is 0 Å². The molecule has 0 N–H and O–H groups in total. The van der Waals surface area contributed by atoms with Crippen LogP contribution in [0.15, 0.2) is 0 Å². The molecule has 0 fully saturated rings. The lowest BCUT2D eigenvalue weighted by atomic mass is 10.1. The third-order valence-electron chi connectivity index (χ3n) is 2.37. The van der Waals surface area contributed by atoms with Crippen LogP contribution in [0, 0.1) is 0 Å². The lowest BCUT2D eigenvalue weighted by Gasteiger charge is -2.02. The van der Waals surface area contributed by atoms with E-state index in [2.05, 4.69) is 6.92 Å². The van der Waals surface area contributed by atoms with Crippen molar-refractivity contribution in [2.45, 2.75) is 58.3 Å². The summed E-state index contributed by atoms with van der Waals surface area (Å²) < 4.78 is 5.32. The van der Waals surface area contributed by atoms with Crippen LogP contribution in [0.3, 0.4) is 0 Å². The Morgan fingerprint density at radius 3 is 1.93 bits per heavy atom. The van der Waals surface area contributed by atoms with Gasteiger partial charge in [-0.25, -0.2) is 0 Å². The molecule has 0 rings (SSSR count). The smallest absolute Gasteiger partial charge is 0.0565 e. The summed E-state index contributed by atoms with van der Waals surface area (Å²) in [5.41, 5.74) is 0. The molecule has 0 aliphatic heterocycles. The van der Waals surface area contributed by atoms with Gasteiger partial charge in [-0.15, -0.1) is 0 Å². The summed E-state index contributed by atoms with van der Waals surface area (Å²) in [5.74, 6) is 0.733. The molecule has 0 unspecified atom stereocenters. The molecule has 0 bridgehead atoms. The van der Waals surface area contributed by atoms with Gasteiger partial charge in [0.05, 0.1) is 6.61 Å². The molecule has 0 aromatic rings. The van der Waals surface area contributed by atoms with Crippen molar-refractivity contribution in [2.24, 2.45) is 0 Å². The van der Waals surface area contributed by atoms with Crippen molar-refractivity contribution < 1.29 is 4.74 Å². The van der Waals surface area contributed by atoms with Gasteiger partial charge in [0.2, 0.25) is 0 Å². The molecule has 0 amide bonds. The fourth-order valence-electron chi connectivity index (χ4n) is 1.50. The van der Waals surface area contributed by atoms with Crippen LogP contribution in [0.1, 0.15) is 58.3 Å². The molecule has 0 aromatic heterocycles. The van der Waals surface area contributed by atoms with Crippen LogP contribution < -0.4 is 0 Å². The molecule has 0 aliphatic rings. The van der Waals surface area contributed by atoms with Crippen LogP contribution >= 0.6 is 12.6 Å². The molecule has 0 aliphatic carbocycles. The predicted octanol–water partition coefficient (Wildman–Crippen LogP) is 4.34. The summed E-state index contributed by atoms with van der Waals surface area (Å²) in [6, 6.07) is 0. The number of ether oxygens (including phenoxy) is 1. The van der Waals surface area contributed by atoms with Gasteiger partial charge < -0.3 is 4.74 Å². The highest BCUT2D eigenvalue weighted by atomic mass is 32.1. The normalized spacial score (nSPS) is 10.7. The van der Waals surface area contributed by atoms with Crippen LogP contribution in [0.5, 0.6) is 0 Å². The number of unbranched alkanes of at least 4 members (excludes halogenated alkanes) is 7. The van der Waals surface area contributed by atoms with E-state index in [1.807, 2.05) is 0 Å². The van der Waals surface area contributed by atoms with Crippen LogP contribution in [0.25, 0.3) is 0 Å². The van der Waals surface area contributed by atoms with E-state index in [4.69, 9.17) is 17.4 Å². The van der Waals surface area contributed by atoms with Gasteiger partial charge in [-0.05, 0) is 6.42 Å². The summed E-state index contributed by atoms with van der Waals surface area (Å²) in [7, 11) is 0. The second kappa shape index (κ2) is 13.3. The molecule has 0 spiro atoms. The second-order valence-corrected chi connectivity index (χ2v) is 4.20. The largest absolute Gasteiger partial charge is 0.381 e. The quantitative estimate of drug-likeness (QED) is 0.468. The number of hydrogen-bond acceptors (Lipinski definition) is 1. The maximum absolute atomic E-state index is 5.32. The zero-order valence-corrected chi connectivity index (χ0v) is 10.4. The Bertz CT molecular complexity index is 84.3. The molecular weight excluding hydrogens is 192 g/mol. The van der Waals surface area contributed by atoms with Crippen molar-refractivity contribution in [3.05, 3.63) is 0 Å². The van der Waals surface area contributed by atoms with Gasteiger partial charge in [0.15, 0.2) is 0 Å². The number of hydrogen-bond donors (Lipinski definition) is 0. The van der Waals surface area contributed by atoms with Gasteiger partial charge in [-0.3, -0.25) is 0 Å². The summed E-state index contributed by atoms with van der Waals surface area (Å²) in [6.07, 6.45) is 10.9.